The molecule has 1 nitrogen and oxygen atoms in total. The third kappa shape index (κ3) is 1.81. The molecule has 0 fully saturated rings. The van der Waals surface area contributed by atoms with Crippen LogP contribution < -0.4 is 0 Å². The Morgan fingerprint density at radius 1 is 1.08 bits per heavy atom. The van der Waals surface area contributed by atoms with Gasteiger partial charge < -0.3 is 0 Å². The van der Waals surface area contributed by atoms with Crippen LogP contribution in [0.3, 0.4) is 0 Å². The van der Waals surface area contributed by atoms with Gasteiger partial charge in [-0.25, -0.2) is 0 Å². The Hall–Kier alpha value is -1.08. The van der Waals surface area contributed by atoms with E-state index in [1.807, 2.05) is 0 Å². The normalized spacial score (nSPS) is 19.2. The highest BCUT2D eigenvalue weighted by Crippen LogP contribution is 2.21. The molecule has 0 amide bonds. The van der Waals surface area contributed by atoms with Crippen LogP contribution in [0.15, 0.2) is 42.5 Å². The molecule has 0 aromatic heterocycles. The standard InChI is InChI=1S/C12H15N/c1-11(13-9-5-6-10-13)12-7-3-2-4-8-12/h2-8,11H,9-10H2,1H3. The van der Waals surface area contributed by atoms with Crippen molar-refractivity contribution in [3.05, 3.63) is 48.0 Å². The van der Waals surface area contributed by atoms with Crippen LogP contribution in [0.5, 0.6) is 0 Å². The van der Waals surface area contributed by atoms with E-state index >= 15 is 0 Å². The Morgan fingerprint density at radius 3 is 2.31 bits per heavy atom. The molecule has 13 heavy (non-hydrogen) atoms. The van der Waals surface area contributed by atoms with Gasteiger partial charge in [0.2, 0.25) is 0 Å². The second-order valence-corrected chi connectivity index (χ2v) is 3.51. The molecule has 0 bridgehead atoms. The van der Waals surface area contributed by atoms with Gasteiger partial charge in [0.05, 0.1) is 0 Å². The predicted molar refractivity (Wildman–Crippen MR) is 55.6 cm³/mol. The van der Waals surface area contributed by atoms with Gasteiger partial charge in [0.15, 0.2) is 0 Å². The SMILES string of the molecule is CC(c1ccccc1)N1CC=CC1. The molecule has 68 valence electrons. The van der Waals surface area contributed by atoms with E-state index in [2.05, 4.69) is 54.3 Å². The van der Waals surface area contributed by atoms with Crippen LogP contribution in [0.1, 0.15) is 18.5 Å². The zero-order valence-electron chi connectivity index (χ0n) is 7.98. The fourth-order valence-corrected chi connectivity index (χ4v) is 1.75. The molecule has 2 rings (SSSR count). The molecule has 0 aliphatic carbocycles. The number of nitrogens with zero attached hydrogens (tertiary/aromatic N) is 1. The zero-order valence-corrected chi connectivity index (χ0v) is 7.98. The first-order valence-electron chi connectivity index (χ1n) is 4.82. The Balaban J connectivity index is 2.09. The van der Waals surface area contributed by atoms with Crippen LogP contribution in [-0.2, 0) is 0 Å². The van der Waals surface area contributed by atoms with Crippen LogP contribution in [-0.4, -0.2) is 18.0 Å². The van der Waals surface area contributed by atoms with Crippen LogP contribution in [0, 0.1) is 0 Å². The minimum atomic E-state index is 0.538. The summed E-state index contributed by atoms with van der Waals surface area (Å²) in [7, 11) is 0. The van der Waals surface area contributed by atoms with E-state index in [1.165, 1.54) is 5.56 Å². The number of benzene rings is 1. The molecule has 0 radical (unpaired) electrons. The first-order chi connectivity index (χ1) is 6.38. The van der Waals surface area contributed by atoms with Gasteiger partial charge in [0.25, 0.3) is 0 Å². The second-order valence-electron chi connectivity index (χ2n) is 3.51. The van der Waals surface area contributed by atoms with Gasteiger partial charge in [-0.2, -0.15) is 0 Å². The summed E-state index contributed by atoms with van der Waals surface area (Å²) in [5.74, 6) is 0. The fraction of sp³-hybridized carbons (Fsp3) is 0.333. The van der Waals surface area contributed by atoms with Gasteiger partial charge in [-0.1, -0.05) is 42.5 Å². The van der Waals surface area contributed by atoms with E-state index < -0.39 is 0 Å². The molecule has 0 spiro atoms. The molecule has 0 N–H and O–H groups in total. The van der Waals surface area contributed by atoms with Crippen molar-refractivity contribution in [1.29, 1.82) is 0 Å². The predicted octanol–water partition coefficient (Wildman–Crippen LogP) is 2.62. The van der Waals surface area contributed by atoms with E-state index in [-0.39, 0.29) is 0 Å². The van der Waals surface area contributed by atoms with Gasteiger partial charge in [-0.05, 0) is 12.5 Å². The van der Waals surface area contributed by atoms with Gasteiger partial charge in [-0.15, -0.1) is 0 Å². The highest BCUT2D eigenvalue weighted by Gasteiger charge is 2.15. The summed E-state index contributed by atoms with van der Waals surface area (Å²) >= 11 is 0. The Morgan fingerprint density at radius 2 is 1.69 bits per heavy atom. The van der Waals surface area contributed by atoms with E-state index in [0.717, 1.165) is 13.1 Å². The van der Waals surface area contributed by atoms with E-state index in [9.17, 15) is 0 Å². The van der Waals surface area contributed by atoms with Crippen LogP contribution in [0.25, 0.3) is 0 Å². The van der Waals surface area contributed by atoms with Crippen molar-refractivity contribution in [2.75, 3.05) is 13.1 Å². The van der Waals surface area contributed by atoms with Crippen molar-refractivity contribution in [2.45, 2.75) is 13.0 Å². The molecule has 0 saturated heterocycles. The molecular weight excluding hydrogens is 158 g/mol. The van der Waals surface area contributed by atoms with Crippen LogP contribution in [0.4, 0.5) is 0 Å². The van der Waals surface area contributed by atoms with Crippen molar-refractivity contribution in [3.63, 3.8) is 0 Å². The Bertz CT molecular complexity index is 281. The monoisotopic (exact) mass is 173 g/mol. The summed E-state index contributed by atoms with van der Waals surface area (Å²) in [6.07, 6.45) is 4.47. The van der Waals surface area contributed by atoms with Gasteiger partial charge in [0, 0.05) is 19.1 Å². The first-order valence-corrected chi connectivity index (χ1v) is 4.82. The minimum Gasteiger partial charge on any atom is -0.289 e. The highest BCUT2D eigenvalue weighted by atomic mass is 15.2. The van der Waals surface area contributed by atoms with Gasteiger partial charge in [-0.3, -0.25) is 4.90 Å². The maximum absolute atomic E-state index is 2.45. The van der Waals surface area contributed by atoms with Crippen LogP contribution >= 0.6 is 0 Å². The lowest BCUT2D eigenvalue weighted by molar-refractivity contribution is 0.274. The minimum absolute atomic E-state index is 0.538. The van der Waals surface area contributed by atoms with Gasteiger partial charge >= 0.3 is 0 Å². The first kappa shape index (κ1) is 8.52. The maximum atomic E-state index is 2.45. The topological polar surface area (TPSA) is 3.24 Å². The van der Waals surface area contributed by atoms with E-state index in [1.54, 1.807) is 0 Å². The van der Waals surface area contributed by atoms with Crippen molar-refractivity contribution >= 4 is 0 Å². The number of rotatable bonds is 2. The fourth-order valence-electron chi connectivity index (χ4n) is 1.75. The summed E-state index contributed by atoms with van der Waals surface area (Å²) in [5.41, 5.74) is 1.41. The summed E-state index contributed by atoms with van der Waals surface area (Å²) < 4.78 is 0. The molecule has 1 aromatic rings. The second kappa shape index (κ2) is 3.75. The Kier molecular flexibility index (Phi) is 2.46. The molecule has 1 aromatic carbocycles. The molecule has 1 heteroatoms. The summed E-state index contributed by atoms with van der Waals surface area (Å²) in [5, 5.41) is 0. The van der Waals surface area contributed by atoms with Crippen molar-refractivity contribution < 1.29 is 0 Å². The lowest BCUT2D eigenvalue weighted by atomic mass is 10.1. The van der Waals surface area contributed by atoms with Crippen LogP contribution in [0.2, 0.25) is 0 Å². The zero-order chi connectivity index (χ0) is 9.10. The lowest BCUT2D eigenvalue weighted by Crippen LogP contribution is -2.23. The molecule has 1 heterocycles. The Labute approximate surface area is 79.7 Å². The average molecular weight is 173 g/mol. The van der Waals surface area contributed by atoms with Crippen molar-refractivity contribution in [3.8, 4) is 0 Å². The van der Waals surface area contributed by atoms with E-state index in [4.69, 9.17) is 0 Å². The highest BCUT2D eigenvalue weighted by molar-refractivity contribution is 5.19. The number of hydrogen-bond acceptors (Lipinski definition) is 1. The summed E-state index contributed by atoms with van der Waals surface area (Å²) in [4.78, 5) is 2.45. The molecule has 1 aliphatic heterocycles. The molecule has 1 atom stereocenters. The number of hydrogen-bond donors (Lipinski definition) is 0. The van der Waals surface area contributed by atoms with E-state index in [0.29, 0.717) is 6.04 Å². The maximum Gasteiger partial charge on any atom is 0.0326 e. The smallest absolute Gasteiger partial charge is 0.0326 e. The molecular formula is C12H15N. The largest absolute Gasteiger partial charge is 0.289 e. The van der Waals surface area contributed by atoms with Gasteiger partial charge in [0.1, 0.15) is 0 Å². The third-order valence-corrected chi connectivity index (χ3v) is 2.68. The quantitative estimate of drug-likeness (QED) is 0.621. The lowest BCUT2D eigenvalue weighted by Gasteiger charge is -2.23. The molecule has 1 aliphatic rings. The summed E-state index contributed by atoms with van der Waals surface area (Å²) in [6, 6.07) is 11.2. The average Bonchev–Trinajstić information content (AvgIpc) is 2.71. The molecule has 0 saturated carbocycles. The third-order valence-electron chi connectivity index (χ3n) is 2.68. The molecule has 1 unspecified atom stereocenters. The summed E-state index contributed by atoms with van der Waals surface area (Å²) in [6.45, 7) is 4.45. The van der Waals surface area contributed by atoms with Crippen molar-refractivity contribution in [2.24, 2.45) is 0 Å². The van der Waals surface area contributed by atoms with Crippen molar-refractivity contribution in [1.82, 2.24) is 4.90 Å².